The fourth-order valence-electron chi connectivity index (χ4n) is 4.13. The molecule has 1 aromatic heterocycles. The summed E-state index contributed by atoms with van der Waals surface area (Å²) >= 11 is 0. The molecule has 0 N–H and O–H groups in total. The predicted octanol–water partition coefficient (Wildman–Crippen LogP) is 2.67. The van der Waals surface area contributed by atoms with Crippen molar-refractivity contribution in [3.63, 3.8) is 0 Å². The lowest BCUT2D eigenvalue weighted by Gasteiger charge is -2.35. The number of carbonyl (C=O) groups is 2. The van der Waals surface area contributed by atoms with Gasteiger partial charge in [-0.05, 0) is 36.8 Å². The maximum absolute atomic E-state index is 13.2. The van der Waals surface area contributed by atoms with Crippen LogP contribution in [0, 0.1) is 6.92 Å². The van der Waals surface area contributed by atoms with Crippen molar-refractivity contribution >= 4 is 23.5 Å². The van der Waals surface area contributed by atoms with E-state index in [1.807, 2.05) is 36.1 Å². The number of benzene rings is 2. The van der Waals surface area contributed by atoms with Gasteiger partial charge in [-0.3, -0.25) is 9.59 Å². The van der Waals surface area contributed by atoms with E-state index in [2.05, 4.69) is 14.9 Å². The summed E-state index contributed by atoms with van der Waals surface area (Å²) in [4.78, 5) is 40.1. The Bertz CT molecular complexity index is 1160. The molecule has 33 heavy (non-hydrogen) atoms. The van der Waals surface area contributed by atoms with Crippen LogP contribution in [0.2, 0.25) is 0 Å². The topological polar surface area (TPSA) is 78.9 Å². The van der Waals surface area contributed by atoms with Crippen LogP contribution in [-0.4, -0.2) is 59.5 Å². The van der Waals surface area contributed by atoms with Gasteiger partial charge in [-0.25, -0.2) is 9.97 Å². The molecule has 0 unspecified atom stereocenters. The fourth-order valence-corrected chi connectivity index (χ4v) is 4.13. The van der Waals surface area contributed by atoms with Crippen LogP contribution in [0.25, 0.3) is 0 Å². The van der Waals surface area contributed by atoms with E-state index < -0.39 is 0 Å². The molecule has 1 saturated heterocycles. The summed E-state index contributed by atoms with van der Waals surface area (Å²) in [5.74, 6) is 1.12. The molecule has 2 aliphatic heterocycles. The van der Waals surface area contributed by atoms with Crippen LogP contribution in [0.4, 0.5) is 11.6 Å². The Kier molecular flexibility index (Phi) is 5.64. The molecule has 8 nitrogen and oxygen atoms in total. The Balaban J connectivity index is 1.33. The number of hydrogen-bond donors (Lipinski definition) is 0. The number of aryl methyl sites for hydroxylation is 1. The van der Waals surface area contributed by atoms with Crippen molar-refractivity contribution in [2.45, 2.75) is 13.5 Å². The van der Waals surface area contributed by atoms with E-state index in [-0.39, 0.29) is 18.4 Å². The lowest BCUT2D eigenvalue weighted by Crippen LogP contribution is -2.49. The summed E-state index contributed by atoms with van der Waals surface area (Å²) in [6.07, 6.45) is 3.44. The predicted molar refractivity (Wildman–Crippen MR) is 124 cm³/mol. The zero-order chi connectivity index (χ0) is 22.8. The van der Waals surface area contributed by atoms with Crippen LogP contribution in [0.1, 0.15) is 21.5 Å². The zero-order valence-electron chi connectivity index (χ0n) is 18.5. The fraction of sp³-hybridized carbons (Fsp3) is 0.280. The number of piperazine rings is 1. The molecule has 0 saturated carbocycles. The van der Waals surface area contributed by atoms with Crippen LogP contribution in [-0.2, 0) is 11.3 Å². The van der Waals surface area contributed by atoms with Gasteiger partial charge in [-0.2, -0.15) is 0 Å². The number of aromatic nitrogens is 2. The van der Waals surface area contributed by atoms with Crippen molar-refractivity contribution in [3.05, 3.63) is 77.6 Å². The van der Waals surface area contributed by atoms with Crippen molar-refractivity contribution in [2.24, 2.45) is 0 Å². The summed E-state index contributed by atoms with van der Waals surface area (Å²) in [5.41, 5.74) is 3.37. The van der Waals surface area contributed by atoms with Gasteiger partial charge in [0.15, 0.2) is 6.61 Å². The van der Waals surface area contributed by atoms with Crippen LogP contribution < -0.4 is 14.5 Å². The third kappa shape index (κ3) is 4.37. The van der Waals surface area contributed by atoms with Gasteiger partial charge in [0.2, 0.25) is 5.95 Å². The largest absolute Gasteiger partial charge is 0.482 e. The molecule has 2 aliphatic rings. The number of hydrogen-bond acceptors (Lipinski definition) is 6. The van der Waals surface area contributed by atoms with Gasteiger partial charge in [0.25, 0.3) is 11.8 Å². The minimum atomic E-state index is -0.121. The quantitative estimate of drug-likeness (QED) is 0.617. The second-order valence-electron chi connectivity index (χ2n) is 8.26. The number of ether oxygens (including phenoxy) is 1. The first-order chi connectivity index (χ1) is 16.1. The highest BCUT2D eigenvalue weighted by Gasteiger charge is 2.29. The van der Waals surface area contributed by atoms with Gasteiger partial charge in [0.1, 0.15) is 5.75 Å². The standard InChI is InChI=1S/C25H25N5O3/c1-18-3-5-19(6-4-18)16-30-21-15-20(7-8-22(21)33-17-23(30)31)24(32)28-11-13-29(14-12-28)25-26-9-2-10-27-25/h2-10,15H,11-14,16-17H2,1H3. The monoisotopic (exact) mass is 443 g/mol. The van der Waals surface area contributed by atoms with E-state index in [1.54, 1.807) is 41.6 Å². The Hall–Kier alpha value is -3.94. The molecular weight excluding hydrogens is 418 g/mol. The van der Waals surface area contributed by atoms with Gasteiger partial charge < -0.3 is 19.4 Å². The first kappa shape index (κ1) is 20.9. The Labute approximate surface area is 192 Å². The minimum absolute atomic E-state index is 0.00429. The third-order valence-electron chi connectivity index (χ3n) is 6.01. The molecule has 2 amide bonds. The smallest absolute Gasteiger partial charge is 0.265 e. The van der Waals surface area contributed by atoms with E-state index in [1.165, 1.54) is 5.56 Å². The van der Waals surface area contributed by atoms with E-state index in [4.69, 9.17) is 4.74 Å². The highest BCUT2D eigenvalue weighted by molar-refractivity contribution is 6.01. The van der Waals surface area contributed by atoms with Crippen LogP contribution >= 0.6 is 0 Å². The molecular formula is C25H25N5O3. The van der Waals surface area contributed by atoms with Crippen molar-refractivity contribution in [3.8, 4) is 5.75 Å². The number of anilines is 2. The van der Waals surface area contributed by atoms with Crippen LogP contribution in [0.5, 0.6) is 5.75 Å². The Morgan fingerprint density at radius 2 is 1.73 bits per heavy atom. The Morgan fingerprint density at radius 1 is 1.00 bits per heavy atom. The van der Waals surface area contributed by atoms with Gasteiger partial charge in [0, 0.05) is 44.1 Å². The molecule has 0 radical (unpaired) electrons. The summed E-state index contributed by atoms with van der Waals surface area (Å²) in [7, 11) is 0. The second-order valence-corrected chi connectivity index (χ2v) is 8.26. The molecule has 5 rings (SSSR count). The first-order valence-electron chi connectivity index (χ1n) is 11.0. The van der Waals surface area contributed by atoms with Crippen molar-refractivity contribution in [2.75, 3.05) is 42.6 Å². The van der Waals surface area contributed by atoms with Crippen molar-refractivity contribution in [1.29, 1.82) is 0 Å². The van der Waals surface area contributed by atoms with Crippen LogP contribution in [0.3, 0.4) is 0 Å². The molecule has 0 spiro atoms. The molecule has 8 heteroatoms. The molecule has 0 atom stereocenters. The summed E-state index contributed by atoms with van der Waals surface area (Å²) in [6.45, 7) is 4.96. The SMILES string of the molecule is Cc1ccc(CN2C(=O)COc3ccc(C(=O)N4CCN(c5ncccn5)CC4)cc32)cc1. The Morgan fingerprint density at radius 3 is 2.45 bits per heavy atom. The highest BCUT2D eigenvalue weighted by atomic mass is 16.5. The maximum atomic E-state index is 13.2. The first-order valence-corrected chi connectivity index (χ1v) is 11.0. The molecule has 2 aromatic carbocycles. The number of carbonyl (C=O) groups excluding carboxylic acids is 2. The lowest BCUT2D eigenvalue weighted by atomic mass is 10.1. The zero-order valence-corrected chi connectivity index (χ0v) is 18.5. The number of fused-ring (bicyclic) bond motifs is 1. The van der Waals surface area contributed by atoms with Gasteiger partial charge in [-0.15, -0.1) is 0 Å². The summed E-state index contributed by atoms with van der Waals surface area (Å²) in [6, 6.07) is 15.2. The van der Waals surface area contributed by atoms with E-state index in [0.717, 1.165) is 5.56 Å². The van der Waals surface area contributed by atoms with Crippen LogP contribution in [0.15, 0.2) is 60.9 Å². The molecule has 168 valence electrons. The number of nitrogens with zero attached hydrogens (tertiary/aromatic N) is 5. The van der Waals surface area contributed by atoms with Gasteiger partial charge >= 0.3 is 0 Å². The normalized spacial score (nSPS) is 15.8. The number of rotatable bonds is 4. The van der Waals surface area contributed by atoms with E-state index >= 15 is 0 Å². The minimum Gasteiger partial charge on any atom is -0.482 e. The highest BCUT2D eigenvalue weighted by Crippen LogP contribution is 2.34. The van der Waals surface area contributed by atoms with Gasteiger partial charge in [0.05, 0.1) is 12.2 Å². The van der Waals surface area contributed by atoms with Crippen molar-refractivity contribution < 1.29 is 14.3 Å². The van der Waals surface area contributed by atoms with Crippen molar-refractivity contribution in [1.82, 2.24) is 14.9 Å². The average molecular weight is 444 g/mol. The van der Waals surface area contributed by atoms with E-state index in [9.17, 15) is 9.59 Å². The van der Waals surface area contributed by atoms with Gasteiger partial charge in [-0.1, -0.05) is 29.8 Å². The summed E-state index contributed by atoms with van der Waals surface area (Å²) in [5, 5.41) is 0. The maximum Gasteiger partial charge on any atom is 0.265 e. The second kappa shape index (κ2) is 8.90. The molecule has 0 bridgehead atoms. The third-order valence-corrected chi connectivity index (χ3v) is 6.01. The molecule has 3 heterocycles. The van der Waals surface area contributed by atoms with E-state index in [0.29, 0.717) is 55.7 Å². The number of amides is 2. The molecule has 3 aromatic rings. The summed E-state index contributed by atoms with van der Waals surface area (Å²) < 4.78 is 5.63. The lowest BCUT2D eigenvalue weighted by molar-refractivity contribution is -0.121. The molecule has 1 fully saturated rings. The average Bonchev–Trinajstić information content (AvgIpc) is 2.87. The molecule has 0 aliphatic carbocycles.